The lowest BCUT2D eigenvalue weighted by atomic mass is 10.5. The van der Waals surface area contributed by atoms with E-state index < -0.39 is 8.37 Å². The second-order valence-electron chi connectivity index (χ2n) is 2.01. The van der Waals surface area contributed by atoms with Gasteiger partial charge in [0.2, 0.25) is 0 Å². The summed E-state index contributed by atoms with van der Waals surface area (Å²) in [6.45, 7) is 0. The Morgan fingerprint density at radius 3 is 2.60 bits per heavy atom. The molecule has 1 rings (SSSR count). The monoisotopic (exact) mass is 221 g/mol. The molecule has 2 nitrogen and oxygen atoms in total. The molecule has 0 aliphatic rings. The van der Waals surface area contributed by atoms with E-state index in [-0.39, 0.29) is 0 Å². The molecule has 1 aromatic rings. The SMILES string of the molecule is C[SH](=O)(Br)c1ccccn1. The van der Waals surface area contributed by atoms with Gasteiger partial charge in [0, 0.05) is 27.3 Å². The highest BCUT2D eigenvalue weighted by Crippen LogP contribution is 2.18. The van der Waals surface area contributed by atoms with Crippen LogP contribution in [-0.2, 0) is 8.37 Å². The van der Waals surface area contributed by atoms with E-state index >= 15 is 0 Å². The Morgan fingerprint density at radius 2 is 2.30 bits per heavy atom. The van der Waals surface area contributed by atoms with E-state index in [0.717, 1.165) is 0 Å². The van der Waals surface area contributed by atoms with Crippen molar-refractivity contribution in [3.63, 3.8) is 0 Å². The fraction of sp³-hybridized carbons (Fsp3) is 0.167. The van der Waals surface area contributed by atoms with Crippen molar-refractivity contribution in [2.45, 2.75) is 5.03 Å². The molecule has 1 heterocycles. The van der Waals surface area contributed by atoms with Gasteiger partial charge in [0.05, 0.1) is 0 Å². The lowest BCUT2D eigenvalue weighted by Crippen LogP contribution is -2.00. The molecule has 56 valence electrons. The third kappa shape index (κ3) is 1.88. The molecule has 0 atom stereocenters. The van der Waals surface area contributed by atoms with E-state index in [1.54, 1.807) is 24.6 Å². The highest BCUT2D eigenvalue weighted by Gasteiger charge is 2.05. The van der Waals surface area contributed by atoms with Gasteiger partial charge in [-0.05, 0) is 20.5 Å². The molecule has 0 aliphatic carbocycles. The first kappa shape index (κ1) is 7.88. The highest BCUT2D eigenvalue weighted by atomic mass is 79.9. The molecule has 0 fully saturated rings. The van der Waals surface area contributed by atoms with Gasteiger partial charge in [0.15, 0.2) is 0 Å². The van der Waals surface area contributed by atoms with Gasteiger partial charge >= 0.3 is 0 Å². The molecule has 0 N–H and O–H groups in total. The van der Waals surface area contributed by atoms with Crippen molar-refractivity contribution in [3.8, 4) is 0 Å². The van der Waals surface area contributed by atoms with Crippen LogP contribution in [0.3, 0.4) is 0 Å². The number of halogens is 1. The van der Waals surface area contributed by atoms with E-state index in [1.807, 2.05) is 6.07 Å². The summed E-state index contributed by atoms with van der Waals surface area (Å²) in [6, 6.07) is 5.36. The van der Waals surface area contributed by atoms with Crippen molar-refractivity contribution >= 4 is 23.2 Å². The largest absolute Gasteiger partial charge is 0.269 e. The predicted octanol–water partition coefficient (Wildman–Crippen LogP) is 1.40. The van der Waals surface area contributed by atoms with Gasteiger partial charge in [0.1, 0.15) is 5.03 Å². The maximum absolute atomic E-state index is 11.3. The molecule has 0 bridgehead atoms. The summed E-state index contributed by atoms with van der Waals surface area (Å²) in [5, 5.41) is 0.620. The maximum atomic E-state index is 11.3. The van der Waals surface area contributed by atoms with Gasteiger partial charge in [0.25, 0.3) is 0 Å². The van der Waals surface area contributed by atoms with Crippen molar-refractivity contribution in [1.29, 1.82) is 0 Å². The van der Waals surface area contributed by atoms with Crippen molar-refractivity contribution in [2.75, 3.05) is 6.26 Å². The minimum Gasteiger partial charge on any atom is -0.269 e. The van der Waals surface area contributed by atoms with Gasteiger partial charge < -0.3 is 0 Å². The summed E-state index contributed by atoms with van der Waals surface area (Å²) in [7, 11) is -2.32. The van der Waals surface area contributed by atoms with Gasteiger partial charge in [-0.1, -0.05) is 6.07 Å². The zero-order valence-corrected chi connectivity index (χ0v) is 7.97. The molecule has 0 aromatic carbocycles. The quantitative estimate of drug-likeness (QED) is 0.575. The van der Waals surface area contributed by atoms with Crippen LogP contribution in [0.25, 0.3) is 0 Å². The Morgan fingerprint density at radius 1 is 1.60 bits per heavy atom. The minimum absolute atomic E-state index is 0.620. The van der Waals surface area contributed by atoms with Crippen LogP contribution in [0.1, 0.15) is 0 Å². The number of pyridine rings is 1. The summed E-state index contributed by atoms with van der Waals surface area (Å²) in [6.07, 6.45) is 3.27. The minimum atomic E-state index is -2.32. The lowest BCUT2D eigenvalue weighted by Gasteiger charge is -2.06. The predicted molar refractivity (Wildman–Crippen MR) is 46.9 cm³/mol. The van der Waals surface area contributed by atoms with Crippen molar-refractivity contribution < 1.29 is 4.21 Å². The molecule has 0 saturated heterocycles. The van der Waals surface area contributed by atoms with Crippen molar-refractivity contribution in [3.05, 3.63) is 24.4 Å². The molecule has 1 aromatic heterocycles. The topological polar surface area (TPSA) is 30.0 Å². The Bertz CT molecular complexity index is 256. The zero-order chi connectivity index (χ0) is 7.61. The Balaban J connectivity index is 3.09. The highest BCUT2D eigenvalue weighted by molar-refractivity contribution is 9.49. The van der Waals surface area contributed by atoms with Crippen LogP contribution in [0, 0.1) is 0 Å². The molecular weight excluding hydrogens is 214 g/mol. The first-order valence-corrected chi connectivity index (χ1v) is 6.97. The van der Waals surface area contributed by atoms with Crippen LogP contribution in [0.5, 0.6) is 0 Å². The number of hydrogen-bond donors (Lipinski definition) is 1. The van der Waals surface area contributed by atoms with E-state index in [2.05, 4.69) is 19.8 Å². The average molecular weight is 222 g/mol. The van der Waals surface area contributed by atoms with Gasteiger partial charge in [-0.25, -0.2) is 4.98 Å². The van der Waals surface area contributed by atoms with Crippen molar-refractivity contribution in [1.82, 2.24) is 4.98 Å². The van der Waals surface area contributed by atoms with E-state index in [9.17, 15) is 4.21 Å². The molecule has 10 heavy (non-hydrogen) atoms. The first-order chi connectivity index (χ1) is 4.61. The fourth-order valence-corrected chi connectivity index (χ4v) is 1.84. The Hall–Kier alpha value is -0.220. The van der Waals surface area contributed by atoms with Crippen LogP contribution in [-0.4, -0.2) is 15.4 Å². The third-order valence-electron chi connectivity index (χ3n) is 1.06. The molecule has 0 saturated carbocycles. The summed E-state index contributed by atoms with van der Waals surface area (Å²) in [5.74, 6) is 0. The summed E-state index contributed by atoms with van der Waals surface area (Å²) < 4.78 is 11.3. The number of thiol groups is 1. The second-order valence-corrected chi connectivity index (χ2v) is 8.17. The van der Waals surface area contributed by atoms with Crippen LogP contribution >= 0.6 is 14.8 Å². The standard InChI is InChI=1S/C6H8BrNOS/c1-10(7,9)6-4-2-3-5-8-6/h2-5,10H,1H3. The Labute approximate surface area is 68.3 Å². The Kier molecular flexibility index (Phi) is 2.21. The number of nitrogens with zero attached hydrogens (tertiary/aromatic N) is 1. The molecule has 0 amide bonds. The smallest absolute Gasteiger partial charge is 0.112 e. The van der Waals surface area contributed by atoms with Gasteiger partial charge in [-0.15, -0.1) is 0 Å². The average Bonchev–Trinajstić information content (AvgIpc) is 1.88. The molecule has 0 radical (unpaired) electrons. The normalized spacial score (nSPS) is 13.0. The van der Waals surface area contributed by atoms with Crippen molar-refractivity contribution in [2.24, 2.45) is 0 Å². The summed E-state index contributed by atoms with van der Waals surface area (Å²) in [5.41, 5.74) is 0. The zero-order valence-electron chi connectivity index (χ0n) is 5.49. The third-order valence-corrected chi connectivity index (χ3v) is 3.23. The van der Waals surface area contributed by atoms with E-state index in [4.69, 9.17) is 0 Å². The molecule has 0 unspecified atom stereocenters. The van der Waals surface area contributed by atoms with Crippen LogP contribution < -0.4 is 0 Å². The summed E-state index contributed by atoms with van der Waals surface area (Å²) >= 11 is 3.08. The molecule has 4 heteroatoms. The van der Waals surface area contributed by atoms with Crippen LogP contribution in [0.4, 0.5) is 0 Å². The first-order valence-electron chi connectivity index (χ1n) is 2.79. The van der Waals surface area contributed by atoms with E-state index in [0.29, 0.717) is 5.03 Å². The molecular formula is C6H8BrNOS. The lowest BCUT2D eigenvalue weighted by molar-refractivity contribution is 0.682. The van der Waals surface area contributed by atoms with Gasteiger partial charge in [-0.3, -0.25) is 4.21 Å². The fourth-order valence-electron chi connectivity index (χ4n) is 0.590. The summed E-state index contributed by atoms with van der Waals surface area (Å²) in [4.78, 5) is 3.94. The van der Waals surface area contributed by atoms with Crippen LogP contribution in [0.2, 0.25) is 0 Å². The second kappa shape index (κ2) is 2.80. The number of rotatable bonds is 1. The van der Waals surface area contributed by atoms with Crippen LogP contribution in [0.15, 0.2) is 29.4 Å². The molecule has 0 aliphatic heterocycles. The molecule has 0 spiro atoms. The van der Waals surface area contributed by atoms with E-state index in [1.165, 1.54) is 0 Å². The van der Waals surface area contributed by atoms with Gasteiger partial charge in [-0.2, -0.15) is 0 Å². The number of hydrogen-bond acceptors (Lipinski definition) is 2. The maximum Gasteiger partial charge on any atom is 0.112 e. The number of aromatic nitrogens is 1.